The van der Waals surface area contributed by atoms with Crippen LogP contribution >= 0.6 is 23.1 Å². The Hall–Kier alpha value is -4.41. The van der Waals surface area contributed by atoms with E-state index < -0.39 is 17.7 Å². The van der Waals surface area contributed by atoms with Gasteiger partial charge in [-0.15, -0.1) is 10.2 Å². The van der Waals surface area contributed by atoms with Crippen molar-refractivity contribution in [2.75, 3.05) is 11.5 Å². The maximum absolute atomic E-state index is 13.6. The number of anilines is 1. The average Bonchev–Trinajstić information content (AvgIpc) is 3.70. The second kappa shape index (κ2) is 12.1. The third-order valence-electron chi connectivity index (χ3n) is 7.24. The van der Waals surface area contributed by atoms with Crippen LogP contribution < -0.4 is 14.4 Å². The van der Waals surface area contributed by atoms with E-state index in [1.165, 1.54) is 33.6 Å². The lowest BCUT2D eigenvalue weighted by atomic mass is 9.94. The van der Waals surface area contributed by atoms with Gasteiger partial charge in [-0.05, 0) is 60.9 Å². The Kier molecular flexibility index (Phi) is 8.05. The SMILES string of the molecule is C=CCOc1cccc([C@@H]2/C(=C(\O)c3ccc4c(c3)C[C@@H](C)O4)C(=O)C(=O)N2c2nnc(SCc3ccc(C)cc3)s2)c1. The lowest BCUT2D eigenvalue weighted by Crippen LogP contribution is -2.29. The molecule has 0 unspecified atom stereocenters. The fourth-order valence-electron chi connectivity index (χ4n) is 5.19. The third kappa shape index (κ3) is 5.80. The Morgan fingerprint density at radius 1 is 1.16 bits per heavy atom. The summed E-state index contributed by atoms with van der Waals surface area (Å²) < 4.78 is 12.2. The maximum Gasteiger partial charge on any atom is 0.301 e. The van der Waals surface area contributed by atoms with Crippen LogP contribution in [0.1, 0.15) is 40.8 Å². The average molecular weight is 612 g/mol. The molecule has 1 N–H and O–H groups in total. The van der Waals surface area contributed by atoms with Crippen molar-refractivity contribution in [1.29, 1.82) is 0 Å². The van der Waals surface area contributed by atoms with Crippen molar-refractivity contribution in [3.8, 4) is 11.5 Å². The van der Waals surface area contributed by atoms with E-state index in [1.807, 2.05) is 19.9 Å². The highest BCUT2D eigenvalue weighted by molar-refractivity contribution is 8.00. The van der Waals surface area contributed by atoms with Crippen LogP contribution in [0.4, 0.5) is 5.13 Å². The molecule has 2 atom stereocenters. The van der Waals surface area contributed by atoms with Crippen molar-refractivity contribution in [3.63, 3.8) is 0 Å². The number of carbonyl (C=O) groups is 2. The smallest absolute Gasteiger partial charge is 0.301 e. The number of ether oxygens (including phenoxy) is 2. The Morgan fingerprint density at radius 2 is 1.98 bits per heavy atom. The summed E-state index contributed by atoms with van der Waals surface area (Å²) in [4.78, 5) is 28.6. The molecule has 0 bridgehead atoms. The first-order valence-electron chi connectivity index (χ1n) is 13.8. The number of amides is 1. The van der Waals surface area contributed by atoms with Gasteiger partial charge in [-0.1, -0.05) is 77.7 Å². The predicted molar refractivity (Wildman–Crippen MR) is 168 cm³/mol. The number of aryl methyl sites for hydroxylation is 1. The van der Waals surface area contributed by atoms with E-state index in [0.29, 0.717) is 33.4 Å². The summed E-state index contributed by atoms with van der Waals surface area (Å²) in [7, 11) is 0. The fourth-order valence-corrected chi connectivity index (χ4v) is 7.01. The summed E-state index contributed by atoms with van der Waals surface area (Å²) in [5, 5.41) is 20.5. The first-order chi connectivity index (χ1) is 20.8. The minimum atomic E-state index is -0.946. The van der Waals surface area contributed by atoms with E-state index in [-0.39, 0.29) is 29.2 Å². The molecule has 10 heteroatoms. The number of Topliss-reactive ketones (excluding diaryl/α,β-unsaturated/α-hetero) is 1. The molecule has 1 saturated heterocycles. The highest BCUT2D eigenvalue weighted by Crippen LogP contribution is 2.45. The summed E-state index contributed by atoms with van der Waals surface area (Å²) in [6, 6.07) is 19.7. The number of thioether (sulfide) groups is 1. The van der Waals surface area contributed by atoms with Crippen molar-refractivity contribution in [2.45, 2.75) is 42.5 Å². The van der Waals surface area contributed by atoms with Gasteiger partial charge in [0.15, 0.2) is 4.34 Å². The Balaban J connectivity index is 1.39. The van der Waals surface area contributed by atoms with Gasteiger partial charge in [-0.2, -0.15) is 0 Å². The number of aliphatic hydroxyl groups is 1. The first-order valence-corrected chi connectivity index (χ1v) is 15.6. The molecule has 2 aliphatic rings. The van der Waals surface area contributed by atoms with Gasteiger partial charge in [-0.3, -0.25) is 14.5 Å². The Bertz CT molecular complexity index is 1750. The van der Waals surface area contributed by atoms with Crippen LogP contribution in [-0.4, -0.2) is 39.7 Å². The summed E-state index contributed by atoms with van der Waals surface area (Å²) in [5.74, 6) is 0.128. The molecule has 0 saturated carbocycles. The zero-order valence-electron chi connectivity index (χ0n) is 23.6. The van der Waals surface area contributed by atoms with Crippen molar-refractivity contribution in [1.82, 2.24) is 10.2 Å². The van der Waals surface area contributed by atoms with Gasteiger partial charge >= 0.3 is 5.91 Å². The van der Waals surface area contributed by atoms with E-state index in [1.54, 1.807) is 42.5 Å². The number of hydrogen-bond donors (Lipinski definition) is 1. The number of hydrogen-bond acceptors (Lipinski definition) is 9. The molecule has 0 aliphatic carbocycles. The van der Waals surface area contributed by atoms with Crippen LogP contribution in [0.15, 0.2) is 89.3 Å². The molecule has 1 aromatic heterocycles. The third-order valence-corrected chi connectivity index (χ3v) is 9.37. The maximum atomic E-state index is 13.6. The molecule has 218 valence electrons. The molecule has 3 aromatic carbocycles. The molecule has 43 heavy (non-hydrogen) atoms. The number of nitrogens with zero attached hydrogens (tertiary/aromatic N) is 3. The van der Waals surface area contributed by atoms with Crippen LogP contribution in [0.2, 0.25) is 0 Å². The first kappa shape index (κ1) is 28.7. The zero-order chi connectivity index (χ0) is 30.1. The monoisotopic (exact) mass is 611 g/mol. The summed E-state index contributed by atoms with van der Waals surface area (Å²) in [6.45, 7) is 8.00. The van der Waals surface area contributed by atoms with Crippen LogP contribution in [-0.2, 0) is 21.8 Å². The molecular formula is C33H29N3O5S2. The standard InChI is InChI=1S/C33H29N3O5S2/c1-4-14-40-25-7-5-6-22(17-25)28-27(29(37)23-12-13-26-24(16-23)15-20(3)41-26)30(38)31(39)36(28)32-34-35-33(43-32)42-18-21-10-8-19(2)9-11-21/h4-13,16-17,20,28,37H,1,14-15,18H2,2-3H3/b29-27+/t20-,28-/m1/s1. The zero-order valence-corrected chi connectivity index (χ0v) is 25.3. The van der Waals surface area contributed by atoms with Crippen molar-refractivity contribution in [3.05, 3.63) is 113 Å². The molecule has 4 aromatic rings. The molecule has 8 nitrogen and oxygen atoms in total. The summed E-state index contributed by atoms with van der Waals surface area (Å²) in [6.07, 6.45) is 2.34. The summed E-state index contributed by atoms with van der Waals surface area (Å²) in [5.41, 5.74) is 4.25. The predicted octanol–water partition coefficient (Wildman–Crippen LogP) is 6.65. The van der Waals surface area contributed by atoms with Gasteiger partial charge < -0.3 is 14.6 Å². The molecule has 6 rings (SSSR count). The number of carbonyl (C=O) groups excluding carboxylic acids is 2. The van der Waals surface area contributed by atoms with Crippen LogP contribution in [0.5, 0.6) is 11.5 Å². The Labute approximate surface area is 257 Å². The topological polar surface area (TPSA) is 102 Å². The van der Waals surface area contributed by atoms with Crippen LogP contribution in [0.3, 0.4) is 0 Å². The summed E-state index contributed by atoms with van der Waals surface area (Å²) >= 11 is 2.73. The van der Waals surface area contributed by atoms with E-state index in [0.717, 1.165) is 16.9 Å². The van der Waals surface area contributed by atoms with E-state index in [9.17, 15) is 14.7 Å². The minimum Gasteiger partial charge on any atom is -0.507 e. The second-order valence-electron chi connectivity index (χ2n) is 10.4. The molecule has 0 radical (unpaired) electrons. The van der Waals surface area contributed by atoms with Crippen molar-refractivity contribution >= 4 is 45.7 Å². The van der Waals surface area contributed by atoms with Gasteiger partial charge in [0.1, 0.15) is 30.0 Å². The fraction of sp³-hybridized carbons (Fsp3) is 0.212. The van der Waals surface area contributed by atoms with Gasteiger partial charge in [0.2, 0.25) is 5.13 Å². The second-order valence-corrected chi connectivity index (χ2v) is 12.6. The van der Waals surface area contributed by atoms with Gasteiger partial charge in [0, 0.05) is 17.7 Å². The van der Waals surface area contributed by atoms with Crippen LogP contribution in [0.25, 0.3) is 5.76 Å². The van der Waals surface area contributed by atoms with Crippen molar-refractivity contribution < 1.29 is 24.2 Å². The number of aromatic nitrogens is 2. The van der Waals surface area contributed by atoms with Gasteiger partial charge in [0.05, 0.1) is 11.6 Å². The Morgan fingerprint density at radius 3 is 2.77 bits per heavy atom. The lowest BCUT2D eigenvalue weighted by Gasteiger charge is -2.23. The molecular weight excluding hydrogens is 583 g/mol. The van der Waals surface area contributed by atoms with Gasteiger partial charge in [-0.25, -0.2) is 0 Å². The van der Waals surface area contributed by atoms with Crippen molar-refractivity contribution in [2.24, 2.45) is 0 Å². The number of benzene rings is 3. The highest BCUT2D eigenvalue weighted by Gasteiger charge is 2.48. The largest absolute Gasteiger partial charge is 0.507 e. The number of fused-ring (bicyclic) bond motifs is 1. The molecule has 3 heterocycles. The highest BCUT2D eigenvalue weighted by atomic mass is 32.2. The number of rotatable bonds is 9. The van der Waals surface area contributed by atoms with E-state index >= 15 is 0 Å². The number of aliphatic hydroxyl groups excluding tert-OH is 1. The van der Waals surface area contributed by atoms with Gasteiger partial charge in [0.25, 0.3) is 5.78 Å². The minimum absolute atomic E-state index is 0.0201. The van der Waals surface area contributed by atoms with Crippen LogP contribution in [0, 0.1) is 6.92 Å². The van der Waals surface area contributed by atoms with E-state index in [4.69, 9.17) is 9.47 Å². The number of ketones is 1. The normalized spacial score (nSPS) is 18.9. The molecule has 2 aliphatic heterocycles. The molecule has 0 spiro atoms. The van der Waals surface area contributed by atoms with E-state index in [2.05, 4.69) is 41.0 Å². The quantitative estimate of drug-likeness (QED) is 0.0561. The molecule has 1 amide bonds. The molecule has 1 fully saturated rings. The lowest BCUT2D eigenvalue weighted by molar-refractivity contribution is -0.132.